The van der Waals surface area contributed by atoms with Crippen LogP contribution in [0.5, 0.6) is 0 Å². The Kier molecular flexibility index (Phi) is 6.79. The smallest absolute Gasteiger partial charge is 0.0120 e. The molecule has 0 spiro atoms. The van der Waals surface area contributed by atoms with Gasteiger partial charge in [0.25, 0.3) is 0 Å². The number of hydrogen-bond donors (Lipinski definition) is 1. The van der Waals surface area contributed by atoms with E-state index in [2.05, 4.69) is 35.9 Å². The van der Waals surface area contributed by atoms with Crippen LogP contribution in [0.1, 0.15) is 46.5 Å². The molecule has 20 heavy (non-hydrogen) atoms. The molecular formula is C17H35N3. The molecule has 0 aliphatic carbocycles. The van der Waals surface area contributed by atoms with Crippen molar-refractivity contribution in [3.8, 4) is 0 Å². The Morgan fingerprint density at radius 3 is 2.20 bits per heavy atom. The van der Waals surface area contributed by atoms with Crippen LogP contribution in [0.2, 0.25) is 0 Å². The summed E-state index contributed by atoms with van der Waals surface area (Å²) >= 11 is 0. The Labute approximate surface area is 126 Å². The van der Waals surface area contributed by atoms with Gasteiger partial charge in [-0.25, -0.2) is 0 Å². The Balaban J connectivity index is 1.65. The lowest BCUT2D eigenvalue weighted by Crippen LogP contribution is -2.48. The minimum Gasteiger partial charge on any atom is -0.317 e. The van der Waals surface area contributed by atoms with Gasteiger partial charge in [-0.15, -0.1) is 0 Å². The van der Waals surface area contributed by atoms with Crippen molar-refractivity contribution >= 4 is 0 Å². The summed E-state index contributed by atoms with van der Waals surface area (Å²) in [5.41, 5.74) is 0. The summed E-state index contributed by atoms with van der Waals surface area (Å²) in [4.78, 5) is 5.45. The zero-order chi connectivity index (χ0) is 14.4. The monoisotopic (exact) mass is 281 g/mol. The first-order valence-corrected chi connectivity index (χ1v) is 8.86. The molecule has 0 atom stereocenters. The quantitative estimate of drug-likeness (QED) is 0.807. The first-order valence-electron chi connectivity index (χ1n) is 8.86. The third-order valence-electron chi connectivity index (χ3n) is 5.03. The highest BCUT2D eigenvalue weighted by Crippen LogP contribution is 2.23. The third-order valence-corrected chi connectivity index (χ3v) is 5.03. The van der Waals surface area contributed by atoms with Crippen molar-refractivity contribution in [3.05, 3.63) is 0 Å². The average Bonchev–Trinajstić information content (AvgIpc) is 2.46. The molecule has 2 aliphatic heterocycles. The van der Waals surface area contributed by atoms with Crippen LogP contribution in [-0.2, 0) is 0 Å². The number of nitrogens with one attached hydrogen (secondary N) is 1. The maximum Gasteiger partial charge on any atom is 0.0120 e. The molecule has 3 nitrogen and oxygen atoms in total. The van der Waals surface area contributed by atoms with Crippen molar-refractivity contribution in [2.24, 2.45) is 11.8 Å². The molecule has 0 saturated carbocycles. The molecule has 2 saturated heterocycles. The number of hydrogen-bond acceptors (Lipinski definition) is 3. The highest BCUT2D eigenvalue weighted by atomic mass is 15.2. The summed E-state index contributed by atoms with van der Waals surface area (Å²) in [6.45, 7) is 15.8. The number of nitrogens with zero attached hydrogens (tertiary/aromatic N) is 2. The zero-order valence-electron chi connectivity index (χ0n) is 13.9. The fourth-order valence-corrected chi connectivity index (χ4v) is 3.85. The normalized spacial score (nSPS) is 24.6. The number of rotatable bonds is 6. The van der Waals surface area contributed by atoms with E-state index in [1.54, 1.807) is 0 Å². The van der Waals surface area contributed by atoms with E-state index in [0.29, 0.717) is 0 Å². The van der Waals surface area contributed by atoms with Gasteiger partial charge in [-0.1, -0.05) is 20.8 Å². The van der Waals surface area contributed by atoms with Crippen molar-refractivity contribution in [2.45, 2.75) is 52.5 Å². The fraction of sp³-hybridized carbons (Fsp3) is 1.00. The minimum atomic E-state index is 0.813. The van der Waals surface area contributed by atoms with E-state index < -0.39 is 0 Å². The lowest BCUT2D eigenvalue weighted by molar-refractivity contribution is 0.0738. The molecule has 0 bridgehead atoms. The van der Waals surface area contributed by atoms with Crippen LogP contribution in [-0.4, -0.2) is 61.7 Å². The van der Waals surface area contributed by atoms with E-state index in [-0.39, 0.29) is 0 Å². The lowest BCUT2D eigenvalue weighted by atomic mass is 9.93. The summed E-state index contributed by atoms with van der Waals surface area (Å²) in [6.07, 6.45) is 5.59. The third kappa shape index (κ3) is 5.01. The fourth-order valence-electron chi connectivity index (χ4n) is 3.85. The van der Waals surface area contributed by atoms with E-state index >= 15 is 0 Å². The molecule has 0 amide bonds. The Hall–Kier alpha value is -0.120. The van der Waals surface area contributed by atoms with Crippen molar-refractivity contribution in [3.63, 3.8) is 0 Å². The van der Waals surface area contributed by atoms with Crippen molar-refractivity contribution in [1.82, 2.24) is 15.1 Å². The Morgan fingerprint density at radius 2 is 1.65 bits per heavy atom. The van der Waals surface area contributed by atoms with Crippen LogP contribution >= 0.6 is 0 Å². The second-order valence-corrected chi connectivity index (χ2v) is 7.21. The van der Waals surface area contributed by atoms with Crippen molar-refractivity contribution in [2.75, 3.05) is 45.8 Å². The molecule has 0 aromatic rings. The number of piperidine rings is 2. The van der Waals surface area contributed by atoms with Gasteiger partial charge in [-0.05, 0) is 76.8 Å². The Bertz CT molecular complexity index is 251. The van der Waals surface area contributed by atoms with Gasteiger partial charge < -0.3 is 15.1 Å². The minimum absolute atomic E-state index is 0.813. The maximum atomic E-state index is 3.51. The Morgan fingerprint density at radius 1 is 1.00 bits per heavy atom. The van der Waals surface area contributed by atoms with Gasteiger partial charge >= 0.3 is 0 Å². The van der Waals surface area contributed by atoms with E-state index in [9.17, 15) is 0 Å². The number of likely N-dealkylation sites (tertiary alicyclic amines) is 2. The van der Waals surface area contributed by atoms with Gasteiger partial charge in [-0.2, -0.15) is 0 Å². The first-order chi connectivity index (χ1) is 9.69. The summed E-state index contributed by atoms with van der Waals surface area (Å²) in [7, 11) is 0. The van der Waals surface area contributed by atoms with Crippen LogP contribution in [0.15, 0.2) is 0 Å². The zero-order valence-corrected chi connectivity index (χ0v) is 13.9. The summed E-state index contributed by atoms with van der Waals surface area (Å²) < 4.78 is 0. The van der Waals surface area contributed by atoms with Crippen LogP contribution in [0.25, 0.3) is 0 Å². The van der Waals surface area contributed by atoms with Crippen LogP contribution in [0.4, 0.5) is 0 Å². The molecule has 2 heterocycles. The second-order valence-electron chi connectivity index (χ2n) is 7.21. The highest BCUT2D eigenvalue weighted by Gasteiger charge is 2.27. The van der Waals surface area contributed by atoms with Crippen molar-refractivity contribution in [1.29, 1.82) is 0 Å². The van der Waals surface area contributed by atoms with Gasteiger partial charge in [0.05, 0.1) is 0 Å². The summed E-state index contributed by atoms with van der Waals surface area (Å²) in [5, 5.41) is 3.51. The van der Waals surface area contributed by atoms with Gasteiger partial charge in [0.1, 0.15) is 0 Å². The van der Waals surface area contributed by atoms with Crippen LogP contribution in [0, 0.1) is 11.8 Å². The van der Waals surface area contributed by atoms with E-state index in [1.807, 2.05) is 0 Å². The summed E-state index contributed by atoms with van der Waals surface area (Å²) in [6, 6.07) is 0.874. The van der Waals surface area contributed by atoms with Gasteiger partial charge in [-0.3, -0.25) is 0 Å². The molecule has 118 valence electrons. The molecule has 2 rings (SSSR count). The molecule has 0 aromatic carbocycles. The second kappa shape index (κ2) is 8.35. The molecule has 3 heteroatoms. The largest absolute Gasteiger partial charge is 0.317 e. The van der Waals surface area contributed by atoms with E-state index in [0.717, 1.165) is 24.4 Å². The molecule has 0 radical (unpaired) electrons. The molecule has 0 unspecified atom stereocenters. The highest BCUT2D eigenvalue weighted by molar-refractivity contribution is 4.83. The van der Waals surface area contributed by atoms with Gasteiger partial charge in [0.2, 0.25) is 0 Å². The molecule has 0 aromatic heterocycles. The van der Waals surface area contributed by atoms with Gasteiger partial charge in [0, 0.05) is 12.6 Å². The lowest BCUT2D eigenvalue weighted by Gasteiger charge is -2.42. The molecular weight excluding hydrogens is 246 g/mol. The van der Waals surface area contributed by atoms with Crippen LogP contribution < -0.4 is 5.32 Å². The predicted octanol–water partition coefficient (Wildman–Crippen LogP) is 2.43. The molecule has 2 fully saturated rings. The van der Waals surface area contributed by atoms with E-state index in [4.69, 9.17) is 0 Å². The standard InChI is InChI=1S/C17H35N3/c1-4-18-13-16-5-11-20(12-6-16)17-7-9-19(10-8-17)14-15(2)3/h15-18H,4-14H2,1-3H3. The average molecular weight is 281 g/mol. The topological polar surface area (TPSA) is 18.5 Å². The van der Waals surface area contributed by atoms with Crippen LogP contribution in [0.3, 0.4) is 0 Å². The van der Waals surface area contributed by atoms with Gasteiger partial charge in [0.15, 0.2) is 0 Å². The molecule has 2 aliphatic rings. The van der Waals surface area contributed by atoms with Crippen molar-refractivity contribution < 1.29 is 0 Å². The SMILES string of the molecule is CCNCC1CCN(C2CCN(CC(C)C)CC2)CC1. The summed E-state index contributed by atoms with van der Waals surface area (Å²) in [5.74, 6) is 1.74. The van der Waals surface area contributed by atoms with E-state index in [1.165, 1.54) is 65.0 Å². The maximum absolute atomic E-state index is 3.51. The molecule has 1 N–H and O–H groups in total. The predicted molar refractivity (Wildman–Crippen MR) is 87.1 cm³/mol. The first kappa shape index (κ1) is 16.3.